The van der Waals surface area contributed by atoms with E-state index >= 15 is 0 Å². The Labute approximate surface area is 72.3 Å². The molecule has 0 aliphatic rings. The summed E-state index contributed by atoms with van der Waals surface area (Å²) in [7, 11) is 1.61. The molecule has 0 saturated heterocycles. The van der Waals surface area contributed by atoms with Gasteiger partial charge in [0.2, 0.25) is 0 Å². The second kappa shape index (κ2) is 2.93. The van der Waals surface area contributed by atoms with Crippen LogP contribution in [0, 0.1) is 13.8 Å². The fourth-order valence-corrected chi connectivity index (χ4v) is 1.22. The van der Waals surface area contributed by atoms with E-state index in [0.717, 1.165) is 16.9 Å². The quantitative estimate of drug-likeness (QED) is 0.621. The van der Waals surface area contributed by atoms with Gasteiger partial charge >= 0.3 is 0 Å². The highest BCUT2D eigenvalue weighted by molar-refractivity contribution is 5.68. The first-order valence-corrected chi connectivity index (χ1v) is 3.77. The minimum atomic E-state index is 0.595. The van der Waals surface area contributed by atoms with Crippen LogP contribution in [-0.4, -0.2) is 7.11 Å². The van der Waals surface area contributed by atoms with Gasteiger partial charge in [0.1, 0.15) is 5.75 Å². The molecule has 1 aromatic rings. The Morgan fingerprint density at radius 1 is 1.08 bits per heavy atom. The number of benzene rings is 1. The van der Waals surface area contributed by atoms with Crippen LogP contribution in [0.1, 0.15) is 11.1 Å². The van der Waals surface area contributed by atoms with E-state index in [9.17, 15) is 0 Å². The fraction of sp³-hybridized carbons (Fsp3) is 0.333. The molecule has 1 aromatic carbocycles. The van der Waals surface area contributed by atoms with Crippen LogP contribution in [0.15, 0.2) is 6.07 Å². The Bertz CT molecular complexity index is 308. The van der Waals surface area contributed by atoms with Gasteiger partial charge in [0.25, 0.3) is 0 Å². The molecular formula is C9H14N2O. The zero-order valence-electron chi connectivity index (χ0n) is 7.64. The van der Waals surface area contributed by atoms with Gasteiger partial charge in [-0.2, -0.15) is 0 Å². The summed E-state index contributed by atoms with van der Waals surface area (Å²) in [5.41, 5.74) is 14.8. The molecule has 4 N–H and O–H groups in total. The zero-order valence-corrected chi connectivity index (χ0v) is 7.64. The Hall–Kier alpha value is -1.38. The smallest absolute Gasteiger partial charge is 0.145 e. The van der Waals surface area contributed by atoms with Crippen molar-refractivity contribution in [1.29, 1.82) is 0 Å². The van der Waals surface area contributed by atoms with Crippen molar-refractivity contribution >= 4 is 11.4 Å². The SMILES string of the molecule is COc1c(N)cc(N)c(C)c1C. The van der Waals surface area contributed by atoms with Gasteiger partial charge in [-0.05, 0) is 31.0 Å². The summed E-state index contributed by atoms with van der Waals surface area (Å²) < 4.78 is 5.13. The van der Waals surface area contributed by atoms with Gasteiger partial charge in [0.15, 0.2) is 0 Å². The highest BCUT2D eigenvalue weighted by Crippen LogP contribution is 2.31. The summed E-state index contributed by atoms with van der Waals surface area (Å²) >= 11 is 0. The lowest BCUT2D eigenvalue weighted by molar-refractivity contribution is 0.413. The number of nitrogens with two attached hydrogens (primary N) is 2. The van der Waals surface area contributed by atoms with Gasteiger partial charge in [-0.15, -0.1) is 0 Å². The second-order valence-corrected chi connectivity index (χ2v) is 2.84. The first-order chi connectivity index (χ1) is 5.57. The molecule has 12 heavy (non-hydrogen) atoms. The summed E-state index contributed by atoms with van der Waals surface area (Å²) in [4.78, 5) is 0. The third-order valence-corrected chi connectivity index (χ3v) is 2.11. The molecule has 0 heterocycles. The van der Waals surface area contributed by atoms with Crippen LogP contribution in [0.4, 0.5) is 11.4 Å². The molecule has 0 aromatic heterocycles. The molecule has 0 spiro atoms. The molecule has 0 amide bonds. The van der Waals surface area contributed by atoms with E-state index in [1.807, 2.05) is 13.8 Å². The molecule has 1 rings (SSSR count). The Kier molecular flexibility index (Phi) is 2.13. The van der Waals surface area contributed by atoms with Gasteiger partial charge < -0.3 is 16.2 Å². The molecule has 0 aliphatic carbocycles. The predicted octanol–water partition coefficient (Wildman–Crippen LogP) is 1.48. The molecule has 0 unspecified atom stereocenters. The van der Waals surface area contributed by atoms with Crippen LogP contribution in [-0.2, 0) is 0 Å². The topological polar surface area (TPSA) is 61.3 Å². The summed E-state index contributed by atoms with van der Waals surface area (Å²) in [6.07, 6.45) is 0. The number of anilines is 2. The van der Waals surface area contributed by atoms with Crippen molar-refractivity contribution < 1.29 is 4.74 Å². The lowest BCUT2D eigenvalue weighted by Gasteiger charge is -2.12. The van der Waals surface area contributed by atoms with Crippen molar-refractivity contribution in [1.82, 2.24) is 0 Å². The standard InChI is InChI=1S/C9H14N2O/c1-5-6(2)9(12-3)8(11)4-7(5)10/h4H,10-11H2,1-3H3. The molecule has 0 atom stereocenters. The van der Waals surface area contributed by atoms with E-state index in [0.29, 0.717) is 11.4 Å². The average Bonchev–Trinajstić information content (AvgIpc) is 2.01. The summed E-state index contributed by atoms with van der Waals surface area (Å²) in [6.45, 7) is 3.90. The highest BCUT2D eigenvalue weighted by atomic mass is 16.5. The third kappa shape index (κ3) is 1.18. The Morgan fingerprint density at radius 2 is 1.67 bits per heavy atom. The number of hydrogen-bond donors (Lipinski definition) is 2. The Morgan fingerprint density at radius 3 is 2.17 bits per heavy atom. The molecule has 3 nitrogen and oxygen atoms in total. The van der Waals surface area contributed by atoms with Crippen LogP contribution in [0.3, 0.4) is 0 Å². The predicted molar refractivity (Wildman–Crippen MR) is 51.3 cm³/mol. The first kappa shape index (κ1) is 8.71. The van der Waals surface area contributed by atoms with Crippen LogP contribution in [0.2, 0.25) is 0 Å². The lowest BCUT2D eigenvalue weighted by Crippen LogP contribution is -2.00. The van der Waals surface area contributed by atoms with Crippen LogP contribution in [0.25, 0.3) is 0 Å². The zero-order chi connectivity index (χ0) is 9.30. The summed E-state index contributed by atoms with van der Waals surface area (Å²) in [5, 5.41) is 0. The van der Waals surface area contributed by atoms with E-state index in [1.165, 1.54) is 0 Å². The maximum atomic E-state index is 5.71. The maximum Gasteiger partial charge on any atom is 0.145 e. The number of hydrogen-bond acceptors (Lipinski definition) is 3. The van der Waals surface area contributed by atoms with Gasteiger partial charge in [-0.1, -0.05) is 0 Å². The van der Waals surface area contributed by atoms with Crippen LogP contribution < -0.4 is 16.2 Å². The molecule has 0 saturated carbocycles. The minimum absolute atomic E-state index is 0.595. The van der Waals surface area contributed by atoms with Gasteiger partial charge in [-0.25, -0.2) is 0 Å². The van der Waals surface area contributed by atoms with E-state index in [2.05, 4.69) is 0 Å². The van der Waals surface area contributed by atoms with Crippen molar-refractivity contribution in [3.8, 4) is 5.75 Å². The summed E-state index contributed by atoms with van der Waals surface area (Å²) in [6, 6.07) is 1.72. The highest BCUT2D eigenvalue weighted by Gasteiger charge is 2.08. The average molecular weight is 166 g/mol. The molecule has 66 valence electrons. The third-order valence-electron chi connectivity index (χ3n) is 2.11. The van der Waals surface area contributed by atoms with Gasteiger partial charge in [0.05, 0.1) is 12.8 Å². The van der Waals surface area contributed by atoms with Crippen LogP contribution in [0.5, 0.6) is 5.75 Å². The minimum Gasteiger partial charge on any atom is -0.494 e. The van der Waals surface area contributed by atoms with E-state index < -0.39 is 0 Å². The van der Waals surface area contributed by atoms with Crippen molar-refractivity contribution in [2.75, 3.05) is 18.6 Å². The second-order valence-electron chi connectivity index (χ2n) is 2.84. The van der Waals surface area contributed by atoms with E-state index in [1.54, 1.807) is 13.2 Å². The van der Waals surface area contributed by atoms with Gasteiger partial charge in [-0.3, -0.25) is 0 Å². The molecule has 0 fully saturated rings. The largest absolute Gasteiger partial charge is 0.494 e. The number of rotatable bonds is 1. The monoisotopic (exact) mass is 166 g/mol. The van der Waals surface area contributed by atoms with Crippen molar-refractivity contribution in [3.63, 3.8) is 0 Å². The molecule has 3 heteroatoms. The fourth-order valence-electron chi connectivity index (χ4n) is 1.22. The van der Waals surface area contributed by atoms with Crippen LogP contribution >= 0.6 is 0 Å². The lowest BCUT2D eigenvalue weighted by atomic mass is 10.1. The maximum absolute atomic E-state index is 5.71. The normalized spacial score (nSPS) is 9.92. The molecule has 0 bridgehead atoms. The van der Waals surface area contributed by atoms with E-state index in [4.69, 9.17) is 16.2 Å². The van der Waals surface area contributed by atoms with E-state index in [-0.39, 0.29) is 0 Å². The van der Waals surface area contributed by atoms with Crippen molar-refractivity contribution in [2.24, 2.45) is 0 Å². The number of ether oxygens (including phenoxy) is 1. The van der Waals surface area contributed by atoms with Gasteiger partial charge in [0, 0.05) is 5.69 Å². The van der Waals surface area contributed by atoms with Crippen molar-refractivity contribution in [2.45, 2.75) is 13.8 Å². The molecule has 0 radical (unpaired) electrons. The molecular weight excluding hydrogens is 152 g/mol. The number of methoxy groups -OCH3 is 1. The Balaban J connectivity index is 3.40. The number of nitrogen functional groups attached to an aromatic ring is 2. The molecule has 0 aliphatic heterocycles. The van der Waals surface area contributed by atoms with Crippen molar-refractivity contribution in [3.05, 3.63) is 17.2 Å². The first-order valence-electron chi connectivity index (χ1n) is 3.77. The summed E-state index contributed by atoms with van der Waals surface area (Å²) in [5.74, 6) is 0.724.